The molecule has 0 saturated heterocycles. The summed E-state index contributed by atoms with van der Waals surface area (Å²) in [5, 5.41) is 39.8. The predicted octanol–water partition coefficient (Wildman–Crippen LogP) is 0.448. The number of aromatic nitrogens is 2. The van der Waals surface area contributed by atoms with E-state index in [2.05, 4.69) is 9.97 Å². The fourth-order valence-corrected chi connectivity index (χ4v) is 2.84. The first-order chi connectivity index (χ1) is 12.4. The number of pyridine rings is 2. The van der Waals surface area contributed by atoms with Gasteiger partial charge in [0.15, 0.2) is 0 Å². The standard InChI is InChI=1S/C18H26N4O4.Mn/c1-11-17(25)15(13(9-23)5-20-11)7-22(4-3-19)8-16-14(10-24)6-21-12(2)18(16)26;/h5-6,23-26H,3-4,7-10,19H2,1-2H3;/q;+2. The fraction of sp³-hybridized carbons (Fsp3) is 0.444. The predicted molar refractivity (Wildman–Crippen MR) is 96.3 cm³/mol. The molecule has 2 aromatic rings. The van der Waals surface area contributed by atoms with Crippen LogP contribution in [0, 0.1) is 13.8 Å². The van der Waals surface area contributed by atoms with Gasteiger partial charge in [-0.25, -0.2) is 0 Å². The van der Waals surface area contributed by atoms with Crippen molar-refractivity contribution in [2.45, 2.75) is 40.2 Å². The van der Waals surface area contributed by atoms with Crippen molar-refractivity contribution in [3.63, 3.8) is 0 Å². The van der Waals surface area contributed by atoms with E-state index in [9.17, 15) is 20.4 Å². The molecule has 0 spiro atoms. The molecule has 0 bridgehead atoms. The largest absolute Gasteiger partial charge is 2.00 e. The zero-order valence-corrected chi connectivity index (χ0v) is 16.7. The average Bonchev–Trinajstić information content (AvgIpc) is 2.63. The number of hydrogen-bond donors (Lipinski definition) is 5. The third-order valence-corrected chi connectivity index (χ3v) is 4.41. The number of aliphatic hydroxyl groups is 2. The van der Waals surface area contributed by atoms with Gasteiger partial charge in [0.25, 0.3) is 0 Å². The molecule has 0 amide bonds. The molecule has 0 aromatic carbocycles. The maximum atomic E-state index is 10.4. The van der Waals surface area contributed by atoms with E-state index in [1.54, 1.807) is 13.8 Å². The molecule has 2 heterocycles. The van der Waals surface area contributed by atoms with E-state index in [0.717, 1.165) is 0 Å². The second-order valence-corrected chi connectivity index (χ2v) is 6.21. The normalized spacial score (nSPS) is 10.9. The van der Waals surface area contributed by atoms with E-state index < -0.39 is 0 Å². The van der Waals surface area contributed by atoms with Gasteiger partial charge in [-0.15, -0.1) is 0 Å². The van der Waals surface area contributed by atoms with Crippen molar-refractivity contribution >= 4 is 0 Å². The topological polar surface area (TPSA) is 136 Å². The third kappa shape index (κ3) is 5.38. The first kappa shape index (κ1) is 23.3. The Labute approximate surface area is 169 Å². The summed E-state index contributed by atoms with van der Waals surface area (Å²) < 4.78 is 0. The molecule has 0 saturated carbocycles. The van der Waals surface area contributed by atoms with Crippen LogP contribution in [-0.2, 0) is 43.4 Å². The van der Waals surface area contributed by atoms with Crippen LogP contribution in [0.15, 0.2) is 12.4 Å². The molecule has 2 aromatic heterocycles. The van der Waals surface area contributed by atoms with Crippen molar-refractivity contribution in [3.8, 4) is 11.5 Å². The van der Waals surface area contributed by atoms with E-state index in [4.69, 9.17) is 5.73 Å². The van der Waals surface area contributed by atoms with Crippen LogP contribution in [0.4, 0.5) is 0 Å². The zero-order valence-electron chi connectivity index (χ0n) is 15.5. The molecule has 0 aliphatic carbocycles. The molecular formula is C18H26MnN4O4+2. The minimum atomic E-state index is -0.242. The van der Waals surface area contributed by atoms with Gasteiger partial charge < -0.3 is 26.2 Å². The number of hydrogen-bond acceptors (Lipinski definition) is 8. The number of rotatable bonds is 8. The van der Waals surface area contributed by atoms with E-state index in [0.29, 0.717) is 59.8 Å². The Hall–Kier alpha value is -1.74. The summed E-state index contributed by atoms with van der Waals surface area (Å²) in [6.07, 6.45) is 3.08. The molecule has 0 atom stereocenters. The molecular weight excluding hydrogens is 391 g/mol. The number of aliphatic hydroxyl groups excluding tert-OH is 2. The van der Waals surface area contributed by atoms with Crippen LogP contribution >= 0.6 is 0 Å². The summed E-state index contributed by atoms with van der Waals surface area (Å²) >= 11 is 0. The Morgan fingerprint density at radius 1 is 0.889 bits per heavy atom. The van der Waals surface area contributed by atoms with Gasteiger partial charge in [0, 0.05) is 60.8 Å². The Morgan fingerprint density at radius 2 is 1.30 bits per heavy atom. The van der Waals surface area contributed by atoms with Gasteiger partial charge in [-0.2, -0.15) is 0 Å². The second-order valence-electron chi connectivity index (χ2n) is 6.21. The smallest absolute Gasteiger partial charge is 0.506 e. The molecule has 0 unspecified atom stereocenters. The third-order valence-electron chi connectivity index (χ3n) is 4.41. The van der Waals surface area contributed by atoms with Crippen molar-refractivity contribution in [1.29, 1.82) is 0 Å². The molecule has 1 radical (unpaired) electrons. The van der Waals surface area contributed by atoms with E-state index >= 15 is 0 Å². The average molecular weight is 417 g/mol. The van der Waals surface area contributed by atoms with Crippen molar-refractivity contribution in [1.82, 2.24) is 14.9 Å². The Bertz CT molecular complexity index is 712. The van der Waals surface area contributed by atoms with Crippen molar-refractivity contribution in [2.75, 3.05) is 13.1 Å². The van der Waals surface area contributed by atoms with Gasteiger partial charge in [-0.1, -0.05) is 0 Å². The first-order valence-electron chi connectivity index (χ1n) is 8.39. The van der Waals surface area contributed by atoms with Crippen molar-refractivity contribution in [2.24, 2.45) is 5.73 Å². The molecule has 0 fully saturated rings. The molecule has 6 N–H and O–H groups in total. The summed E-state index contributed by atoms with van der Waals surface area (Å²) in [5.41, 5.74) is 8.89. The number of aryl methyl sites for hydroxylation is 2. The van der Waals surface area contributed by atoms with Crippen LogP contribution in [-0.4, -0.2) is 48.4 Å². The Morgan fingerprint density at radius 3 is 1.63 bits per heavy atom. The van der Waals surface area contributed by atoms with Gasteiger partial charge in [-0.05, 0) is 13.8 Å². The molecule has 2 rings (SSSR count). The van der Waals surface area contributed by atoms with Gasteiger partial charge in [0.1, 0.15) is 11.5 Å². The minimum absolute atomic E-state index is 0. The SMILES string of the molecule is Cc1ncc(CO)c(CN(CCN)Cc2c(CO)cnc(C)c2O)c1O.[Mn+2]. The molecule has 147 valence electrons. The van der Waals surface area contributed by atoms with Crippen LogP contribution < -0.4 is 5.73 Å². The number of nitrogens with two attached hydrogens (primary N) is 1. The molecule has 0 aliphatic heterocycles. The molecule has 9 heteroatoms. The van der Waals surface area contributed by atoms with Gasteiger partial charge in [-0.3, -0.25) is 14.9 Å². The maximum Gasteiger partial charge on any atom is 2.00 e. The van der Waals surface area contributed by atoms with E-state index in [1.807, 2.05) is 4.90 Å². The van der Waals surface area contributed by atoms with Gasteiger partial charge >= 0.3 is 17.1 Å². The minimum Gasteiger partial charge on any atom is -0.506 e. The number of aromatic hydroxyl groups is 2. The Kier molecular flexibility index (Phi) is 9.11. The summed E-state index contributed by atoms with van der Waals surface area (Å²) in [4.78, 5) is 10.1. The van der Waals surface area contributed by atoms with Crippen LogP contribution in [0.25, 0.3) is 0 Å². The fourth-order valence-electron chi connectivity index (χ4n) is 2.84. The van der Waals surface area contributed by atoms with Gasteiger partial charge in [0.05, 0.1) is 24.6 Å². The van der Waals surface area contributed by atoms with Crippen LogP contribution in [0.3, 0.4) is 0 Å². The Balaban J connectivity index is 0.00000364. The quantitative estimate of drug-likeness (QED) is 0.391. The van der Waals surface area contributed by atoms with Crippen LogP contribution in [0.5, 0.6) is 11.5 Å². The summed E-state index contributed by atoms with van der Waals surface area (Å²) in [7, 11) is 0. The molecule has 27 heavy (non-hydrogen) atoms. The molecule has 8 nitrogen and oxygen atoms in total. The summed E-state index contributed by atoms with van der Waals surface area (Å²) in [5.74, 6) is 0.0761. The second kappa shape index (κ2) is 10.6. The van der Waals surface area contributed by atoms with E-state index in [1.165, 1.54) is 12.4 Å². The zero-order chi connectivity index (χ0) is 19.3. The first-order valence-corrected chi connectivity index (χ1v) is 8.39. The van der Waals surface area contributed by atoms with Crippen molar-refractivity contribution < 1.29 is 37.5 Å². The maximum absolute atomic E-state index is 10.4. The summed E-state index contributed by atoms with van der Waals surface area (Å²) in [6.45, 7) is 4.39. The molecule has 0 aliphatic rings. The van der Waals surface area contributed by atoms with Crippen LogP contribution in [0.2, 0.25) is 0 Å². The van der Waals surface area contributed by atoms with E-state index in [-0.39, 0.29) is 41.8 Å². The van der Waals surface area contributed by atoms with Crippen LogP contribution in [0.1, 0.15) is 33.6 Å². The van der Waals surface area contributed by atoms with Crippen molar-refractivity contribution in [3.05, 3.63) is 46.0 Å². The monoisotopic (exact) mass is 417 g/mol. The summed E-state index contributed by atoms with van der Waals surface area (Å²) in [6, 6.07) is 0. The van der Waals surface area contributed by atoms with Gasteiger partial charge in [0.2, 0.25) is 0 Å². The number of nitrogens with zero attached hydrogens (tertiary/aromatic N) is 3.